The molecule has 2 rings (SSSR count). The van der Waals surface area contributed by atoms with Crippen molar-refractivity contribution in [3.63, 3.8) is 0 Å². The molecule has 0 aromatic heterocycles. The summed E-state index contributed by atoms with van der Waals surface area (Å²) in [5.41, 5.74) is 2.53. The summed E-state index contributed by atoms with van der Waals surface area (Å²) in [6.07, 6.45) is 5.47. The van der Waals surface area contributed by atoms with E-state index in [0.29, 0.717) is 5.92 Å². The van der Waals surface area contributed by atoms with Crippen LogP contribution in [0.15, 0.2) is 66.7 Å². The molecule has 104 valence electrons. The van der Waals surface area contributed by atoms with Gasteiger partial charge in [0.15, 0.2) is 0 Å². The molecular formula is C19H22O. The van der Waals surface area contributed by atoms with Gasteiger partial charge < -0.3 is 4.74 Å². The topological polar surface area (TPSA) is 9.23 Å². The first-order valence-corrected chi connectivity index (χ1v) is 7.26. The third-order valence-electron chi connectivity index (χ3n) is 3.19. The van der Waals surface area contributed by atoms with Crippen molar-refractivity contribution in [3.8, 4) is 0 Å². The summed E-state index contributed by atoms with van der Waals surface area (Å²) in [4.78, 5) is 0. The fraction of sp³-hybridized carbons (Fsp3) is 0.263. The fourth-order valence-electron chi connectivity index (χ4n) is 2.11. The van der Waals surface area contributed by atoms with Crippen LogP contribution in [0.2, 0.25) is 0 Å². The number of benzene rings is 2. The van der Waals surface area contributed by atoms with Gasteiger partial charge in [0.05, 0.1) is 6.61 Å². The molecule has 0 saturated heterocycles. The van der Waals surface area contributed by atoms with E-state index < -0.39 is 0 Å². The van der Waals surface area contributed by atoms with E-state index in [0.717, 1.165) is 19.6 Å². The Morgan fingerprint density at radius 3 is 2.25 bits per heavy atom. The molecule has 0 bridgehead atoms. The van der Waals surface area contributed by atoms with Gasteiger partial charge in [-0.25, -0.2) is 0 Å². The van der Waals surface area contributed by atoms with Crippen LogP contribution in [-0.2, 0) is 4.74 Å². The van der Waals surface area contributed by atoms with Crippen molar-refractivity contribution >= 4 is 6.08 Å². The maximum absolute atomic E-state index is 5.74. The van der Waals surface area contributed by atoms with Gasteiger partial charge in [-0.3, -0.25) is 0 Å². The quantitative estimate of drug-likeness (QED) is 0.647. The van der Waals surface area contributed by atoms with Gasteiger partial charge >= 0.3 is 0 Å². The average molecular weight is 266 g/mol. The fourth-order valence-corrected chi connectivity index (χ4v) is 2.11. The second-order valence-electron chi connectivity index (χ2n) is 4.86. The van der Waals surface area contributed by atoms with Gasteiger partial charge in [-0.1, -0.05) is 79.7 Å². The molecule has 0 saturated carbocycles. The Morgan fingerprint density at radius 1 is 0.950 bits per heavy atom. The van der Waals surface area contributed by atoms with Crippen molar-refractivity contribution in [1.29, 1.82) is 0 Å². The molecule has 1 unspecified atom stereocenters. The van der Waals surface area contributed by atoms with E-state index in [1.165, 1.54) is 11.1 Å². The Labute approximate surface area is 121 Å². The van der Waals surface area contributed by atoms with Crippen LogP contribution < -0.4 is 0 Å². The summed E-state index contributed by atoms with van der Waals surface area (Å²) >= 11 is 0. The SMILES string of the molecule is CCCOCC(C=Cc1ccccc1)c1ccccc1. The van der Waals surface area contributed by atoms with E-state index in [4.69, 9.17) is 4.74 Å². The summed E-state index contributed by atoms with van der Waals surface area (Å²) in [6, 6.07) is 20.9. The van der Waals surface area contributed by atoms with E-state index in [2.05, 4.69) is 67.6 Å². The minimum Gasteiger partial charge on any atom is -0.381 e. The third-order valence-corrected chi connectivity index (χ3v) is 3.19. The minimum atomic E-state index is 0.308. The van der Waals surface area contributed by atoms with Crippen LogP contribution in [0.25, 0.3) is 6.08 Å². The van der Waals surface area contributed by atoms with Gasteiger partial charge in [0.2, 0.25) is 0 Å². The van der Waals surface area contributed by atoms with Crippen molar-refractivity contribution in [1.82, 2.24) is 0 Å². The Bertz CT molecular complexity index is 502. The molecule has 1 heteroatoms. The summed E-state index contributed by atoms with van der Waals surface area (Å²) < 4.78 is 5.74. The molecule has 0 aliphatic carbocycles. The van der Waals surface area contributed by atoms with E-state index in [1.807, 2.05) is 12.1 Å². The maximum Gasteiger partial charge on any atom is 0.0569 e. The summed E-state index contributed by atoms with van der Waals surface area (Å²) in [5, 5.41) is 0. The predicted octanol–water partition coefficient (Wildman–Crippen LogP) is 4.91. The molecule has 0 fully saturated rings. The standard InChI is InChI=1S/C19H22O/c1-2-15-20-16-19(18-11-7-4-8-12-18)14-13-17-9-5-3-6-10-17/h3-14,19H,2,15-16H2,1H3. The van der Waals surface area contributed by atoms with Crippen LogP contribution in [0, 0.1) is 0 Å². The lowest BCUT2D eigenvalue weighted by atomic mass is 9.98. The highest BCUT2D eigenvalue weighted by molar-refractivity contribution is 5.50. The van der Waals surface area contributed by atoms with Crippen molar-refractivity contribution in [2.75, 3.05) is 13.2 Å². The number of hydrogen-bond acceptors (Lipinski definition) is 1. The highest BCUT2D eigenvalue weighted by atomic mass is 16.5. The maximum atomic E-state index is 5.74. The smallest absolute Gasteiger partial charge is 0.0569 e. The summed E-state index contributed by atoms with van der Waals surface area (Å²) in [6.45, 7) is 3.70. The van der Waals surface area contributed by atoms with Crippen LogP contribution in [0.5, 0.6) is 0 Å². The van der Waals surface area contributed by atoms with Crippen molar-refractivity contribution in [2.24, 2.45) is 0 Å². The lowest BCUT2D eigenvalue weighted by Gasteiger charge is -2.13. The van der Waals surface area contributed by atoms with Crippen LogP contribution in [0.3, 0.4) is 0 Å². The van der Waals surface area contributed by atoms with Crippen molar-refractivity contribution in [3.05, 3.63) is 77.9 Å². The van der Waals surface area contributed by atoms with Crippen LogP contribution in [0.1, 0.15) is 30.4 Å². The first-order valence-electron chi connectivity index (χ1n) is 7.26. The Hall–Kier alpha value is -1.86. The molecular weight excluding hydrogens is 244 g/mol. The molecule has 0 aliphatic heterocycles. The van der Waals surface area contributed by atoms with E-state index >= 15 is 0 Å². The van der Waals surface area contributed by atoms with Gasteiger partial charge in [0, 0.05) is 12.5 Å². The van der Waals surface area contributed by atoms with E-state index in [-0.39, 0.29) is 0 Å². The molecule has 2 aromatic carbocycles. The van der Waals surface area contributed by atoms with E-state index in [9.17, 15) is 0 Å². The Morgan fingerprint density at radius 2 is 1.60 bits per heavy atom. The van der Waals surface area contributed by atoms with Crippen LogP contribution in [0.4, 0.5) is 0 Å². The lowest BCUT2D eigenvalue weighted by Crippen LogP contribution is -2.06. The Kier molecular flexibility index (Phi) is 6.07. The predicted molar refractivity (Wildman–Crippen MR) is 85.8 cm³/mol. The first-order chi connectivity index (χ1) is 9.90. The summed E-state index contributed by atoms with van der Waals surface area (Å²) in [5.74, 6) is 0.308. The second kappa shape index (κ2) is 8.34. The molecule has 0 N–H and O–H groups in total. The van der Waals surface area contributed by atoms with Gasteiger partial charge in [-0.2, -0.15) is 0 Å². The number of hydrogen-bond donors (Lipinski definition) is 0. The lowest BCUT2D eigenvalue weighted by molar-refractivity contribution is 0.129. The zero-order valence-electron chi connectivity index (χ0n) is 12.0. The highest BCUT2D eigenvalue weighted by Gasteiger charge is 2.07. The third kappa shape index (κ3) is 4.67. The number of ether oxygens (including phenoxy) is 1. The van der Waals surface area contributed by atoms with Gasteiger partial charge in [-0.15, -0.1) is 0 Å². The molecule has 0 aliphatic rings. The molecule has 0 radical (unpaired) electrons. The molecule has 0 heterocycles. The average Bonchev–Trinajstić information content (AvgIpc) is 2.52. The molecule has 0 spiro atoms. The van der Waals surface area contributed by atoms with Gasteiger partial charge in [-0.05, 0) is 17.5 Å². The summed E-state index contributed by atoms with van der Waals surface area (Å²) in [7, 11) is 0. The van der Waals surface area contributed by atoms with Crippen molar-refractivity contribution < 1.29 is 4.74 Å². The second-order valence-corrected chi connectivity index (χ2v) is 4.86. The molecule has 20 heavy (non-hydrogen) atoms. The van der Waals surface area contributed by atoms with Gasteiger partial charge in [0.25, 0.3) is 0 Å². The first kappa shape index (κ1) is 14.5. The normalized spacial score (nSPS) is 12.7. The molecule has 1 nitrogen and oxygen atoms in total. The molecule has 1 atom stereocenters. The highest BCUT2D eigenvalue weighted by Crippen LogP contribution is 2.19. The largest absolute Gasteiger partial charge is 0.381 e. The van der Waals surface area contributed by atoms with Crippen LogP contribution in [-0.4, -0.2) is 13.2 Å². The van der Waals surface area contributed by atoms with Crippen molar-refractivity contribution in [2.45, 2.75) is 19.3 Å². The zero-order chi connectivity index (χ0) is 14.0. The molecule has 2 aromatic rings. The number of rotatable bonds is 7. The molecule has 0 amide bonds. The minimum absolute atomic E-state index is 0.308. The monoisotopic (exact) mass is 266 g/mol. The zero-order valence-corrected chi connectivity index (χ0v) is 12.0. The van der Waals surface area contributed by atoms with Crippen LogP contribution >= 0.6 is 0 Å². The van der Waals surface area contributed by atoms with E-state index in [1.54, 1.807) is 0 Å². The Balaban J connectivity index is 2.08. The van der Waals surface area contributed by atoms with Gasteiger partial charge in [0.1, 0.15) is 0 Å².